The van der Waals surface area contributed by atoms with Crippen LogP contribution in [0.1, 0.15) is 58.8 Å². The van der Waals surface area contributed by atoms with Crippen molar-refractivity contribution in [2.24, 2.45) is 0 Å². The van der Waals surface area contributed by atoms with E-state index in [1.165, 1.54) is 39.5 Å². The van der Waals surface area contributed by atoms with Crippen LogP contribution in [-0.2, 0) is 19.4 Å². The summed E-state index contributed by atoms with van der Waals surface area (Å²) in [5.74, 6) is 1.11. The molecule has 1 atom stereocenters. The maximum atomic E-state index is 5.00. The highest BCUT2D eigenvalue weighted by Gasteiger charge is 2.24. The molecule has 1 heterocycles. The number of hydrogen-bond acceptors (Lipinski definition) is 3. The van der Waals surface area contributed by atoms with Gasteiger partial charge in [0.15, 0.2) is 0 Å². The van der Waals surface area contributed by atoms with Crippen LogP contribution in [0.15, 0.2) is 24.3 Å². The van der Waals surface area contributed by atoms with Gasteiger partial charge in [-0.25, -0.2) is 4.98 Å². The Labute approximate surface area is 131 Å². The predicted octanol–water partition coefficient (Wildman–Crippen LogP) is 4.26. The van der Waals surface area contributed by atoms with Gasteiger partial charge in [0.25, 0.3) is 0 Å². The Bertz CT molecular complexity index is 615. The van der Waals surface area contributed by atoms with Crippen molar-refractivity contribution in [1.82, 2.24) is 10.3 Å². The molecular formula is C18H24N2S. The first kappa shape index (κ1) is 14.7. The lowest BCUT2D eigenvalue weighted by Gasteiger charge is -2.22. The molecule has 0 aliphatic heterocycles. The van der Waals surface area contributed by atoms with Gasteiger partial charge in [-0.1, -0.05) is 38.1 Å². The summed E-state index contributed by atoms with van der Waals surface area (Å²) in [6.45, 7) is 5.43. The van der Waals surface area contributed by atoms with Gasteiger partial charge < -0.3 is 5.32 Å². The first-order valence-corrected chi connectivity index (χ1v) is 8.71. The monoisotopic (exact) mass is 300 g/mol. The Kier molecular flexibility index (Phi) is 4.41. The number of aryl methyl sites for hydroxylation is 1. The van der Waals surface area contributed by atoms with E-state index in [2.05, 4.69) is 43.4 Å². The topological polar surface area (TPSA) is 24.9 Å². The number of thiazole rings is 1. The molecule has 0 fully saturated rings. The molecule has 1 aromatic heterocycles. The van der Waals surface area contributed by atoms with Gasteiger partial charge in [-0.2, -0.15) is 0 Å². The van der Waals surface area contributed by atoms with Crippen molar-refractivity contribution in [1.29, 1.82) is 0 Å². The summed E-state index contributed by atoms with van der Waals surface area (Å²) >= 11 is 1.92. The quantitative estimate of drug-likeness (QED) is 0.912. The van der Waals surface area contributed by atoms with E-state index in [1.54, 1.807) is 0 Å². The van der Waals surface area contributed by atoms with Gasteiger partial charge in [-0.3, -0.25) is 0 Å². The minimum absolute atomic E-state index is 0.509. The van der Waals surface area contributed by atoms with Gasteiger partial charge in [-0.15, -0.1) is 11.3 Å². The number of nitrogens with one attached hydrogen (secondary N) is 1. The van der Waals surface area contributed by atoms with Crippen LogP contribution in [0, 0.1) is 0 Å². The zero-order valence-corrected chi connectivity index (χ0v) is 14.0. The van der Waals surface area contributed by atoms with Crippen LogP contribution in [0.5, 0.6) is 0 Å². The molecule has 1 unspecified atom stereocenters. The third kappa shape index (κ3) is 3.04. The maximum Gasteiger partial charge on any atom is 0.0966 e. The third-order valence-electron chi connectivity index (χ3n) is 4.32. The molecule has 0 bridgehead atoms. The van der Waals surface area contributed by atoms with Gasteiger partial charge in [0.2, 0.25) is 0 Å². The van der Waals surface area contributed by atoms with Crippen LogP contribution in [-0.4, -0.2) is 12.0 Å². The lowest BCUT2D eigenvalue weighted by molar-refractivity contribution is 0.579. The van der Waals surface area contributed by atoms with E-state index >= 15 is 0 Å². The average molecular weight is 300 g/mol. The van der Waals surface area contributed by atoms with E-state index in [1.807, 2.05) is 18.4 Å². The molecule has 0 spiro atoms. The first-order valence-electron chi connectivity index (χ1n) is 7.90. The van der Waals surface area contributed by atoms with Crippen LogP contribution < -0.4 is 5.32 Å². The highest BCUT2D eigenvalue weighted by atomic mass is 32.1. The van der Waals surface area contributed by atoms with Crippen LogP contribution in [0.2, 0.25) is 0 Å². The Morgan fingerprint density at radius 2 is 2.05 bits per heavy atom. The van der Waals surface area contributed by atoms with Crippen molar-refractivity contribution >= 4 is 11.3 Å². The van der Waals surface area contributed by atoms with Crippen molar-refractivity contribution in [3.8, 4) is 0 Å². The summed E-state index contributed by atoms with van der Waals surface area (Å²) in [5.41, 5.74) is 4.35. The molecule has 3 heteroatoms. The molecule has 0 amide bonds. The number of fused-ring (bicyclic) bond motifs is 1. The van der Waals surface area contributed by atoms with Crippen molar-refractivity contribution in [3.05, 3.63) is 51.0 Å². The third-order valence-corrected chi connectivity index (χ3v) is 5.56. The second-order valence-electron chi connectivity index (χ2n) is 6.25. The van der Waals surface area contributed by atoms with Crippen LogP contribution >= 0.6 is 11.3 Å². The molecule has 0 saturated carbocycles. The molecule has 1 N–H and O–H groups in total. The summed E-state index contributed by atoms with van der Waals surface area (Å²) in [6, 6.07) is 8.88. The van der Waals surface area contributed by atoms with Crippen molar-refractivity contribution in [3.63, 3.8) is 0 Å². The Morgan fingerprint density at radius 1 is 1.29 bits per heavy atom. The summed E-state index contributed by atoms with van der Waals surface area (Å²) in [6.07, 6.45) is 3.58. The summed E-state index contributed by atoms with van der Waals surface area (Å²) < 4.78 is 0. The van der Waals surface area contributed by atoms with Gasteiger partial charge in [0.1, 0.15) is 0 Å². The fraction of sp³-hybridized carbons (Fsp3) is 0.500. The van der Waals surface area contributed by atoms with E-state index in [4.69, 9.17) is 4.98 Å². The van der Waals surface area contributed by atoms with E-state index < -0.39 is 0 Å². The smallest absolute Gasteiger partial charge is 0.0966 e. The second kappa shape index (κ2) is 6.29. The zero-order valence-electron chi connectivity index (χ0n) is 13.1. The van der Waals surface area contributed by atoms with Gasteiger partial charge >= 0.3 is 0 Å². The number of aromatic nitrogens is 1. The standard InChI is InChI=1S/C18H24N2S/c1-12(2)17-16(11-19-3)21-18(20-17)15-9-8-13-6-4-5-7-14(13)10-15/h4-7,12,15,19H,8-11H2,1-3H3. The molecule has 2 nitrogen and oxygen atoms in total. The van der Waals surface area contributed by atoms with E-state index in [9.17, 15) is 0 Å². The molecule has 1 aliphatic carbocycles. The summed E-state index contributed by atoms with van der Waals surface area (Å²) in [7, 11) is 2.01. The van der Waals surface area contributed by atoms with Crippen LogP contribution in [0.25, 0.3) is 0 Å². The van der Waals surface area contributed by atoms with E-state index in [0.29, 0.717) is 11.8 Å². The van der Waals surface area contributed by atoms with Crippen molar-refractivity contribution in [2.75, 3.05) is 7.05 Å². The Morgan fingerprint density at radius 3 is 2.76 bits per heavy atom. The summed E-state index contributed by atoms with van der Waals surface area (Å²) in [4.78, 5) is 6.42. The van der Waals surface area contributed by atoms with E-state index in [-0.39, 0.29) is 0 Å². The maximum absolute atomic E-state index is 5.00. The van der Waals surface area contributed by atoms with Gasteiger partial charge in [0, 0.05) is 17.3 Å². The van der Waals surface area contributed by atoms with Gasteiger partial charge in [0.05, 0.1) is 10.7 Å². The van der Waals surface area contributed by atoms with Crippen molar-refractivity contribution in [2.45, 2.75) is 51.5 Å². The molecule has 1 aromatic carbocycles. The highest BCUT2D eigenvalue weighted by Crippen LogP contribution is 2.37. The fourth-order valence-electron chi connectivity index (χ4n) is 3.20. The number of rotatable bonds is 4. The molecular weight excluding hydrogens is 276 g/mol. The molecule has 21 heavy (non-hydrogen) atoms. The first-order chi connectivity index (χ1) is 10.2. The van der Waals surface area contributed by atoms with Crippen molar-refractivity contribution < 1.29 is 0 Å². The van der Waals surface area contributed by atoms with Crippen LogP contribution in [0.3, 0.4) is 0 Å². The average Bonchev–Trinajstić information content (AvgIpc) is 2.91. The lowest BCUT2D eigenvalue weighted by atomic mass is 9.84. The molecule has 0 saturated heterocycles. The molecule has 3 rings (SSSR count). The minimum atomic E-state index is 0.509. The Balaban J connectivity index is 1.86. The number of nitrogens with zero attached hydrogens (tertiary/aromatic N) is 1. The Hall–Kier alpha value is -1.19. The second-order valence-corrected chi connectivity index (χ2v) is 7.37. The lowest BCUT2D eigenvalue weighted by Crippen LogP contribution is -2.12. The van der Waals surface area contributed by atoms with Crippen LogP contribution in [0.4, 0.5) is 0 Å². The van der Waals surface area contributed by atoms with E-state index in [0.717, 1.165) is 13.0 Å². The molecule has 1 aliphatic rings. The normalized spacial score (nSPS) is 18.0. The zero-order chi connectivity index (χ0) is 14.8. The SMILES string of the molecule is CNCc1sc(C2CCc3ccccc3C2)nc1C(C)C. The summed E-state index contributed by atoms with van der Waals surface area (Å²) in [5, 5.41) is 4.63. The predicted molar refractivity (Wildman–Crippen MR) is 90.2 cm³/mol. The molecule has 112 valence electrons. The fourth-order valence-corrected chi connectivity index (χ4v) is 4.57. The number of benzene rings is 1. The largest absolute Gasteiger partial charge is 0.315 e. The number of hydrogen-bond donors (Lipinski definition) is 1. The highest BCUT2D eigenvalue weighted by molar-refractivity contribution is 7.11. The molecule has 0 radical (unpaired) electrons. The molecule has 2 aromatic rings. The minimum Gasteiger partial charge on any atom is -0.315 e. The van der Waals surface area contributed by atoms with Gasteiger partial charge in [-0.05, 0) is 43.4 Å².